The van der Waals surface area contributed by atoms with Crippen LogP contribution in [0.4, 0.5) is 9.59 Å². The van der Waals surface area contributed by atoms with Gasteiger partial charge in [0.2, 0.25) is 11.8 Å². The van der Waals surface area contributed by atoms with Crippen molar-refractivity contribution < 1.29 is 43.3 Å². The van der Waals surface area contributed by atoms with Crippen molar-refractivity contribution in [3.05, 3.63) is 90.1 Å². The molecule has 0 fully saturated rings. The number of amides is 4. The molecule has 286 valence electrons. The third-order valence-electron chi connectivity index (χ3n) is 8.36. The van der Waals surface area contributed by atoms with Crippen LogP contribution in [-0.2, 0) is 41.4 Å². The molecule has 0 saturated carbocycles. The number of benzene rings is 2. The lowest BCUT2D eigenvalue weighted by atomic mass is 9.85. The number of ether oxygens (including phenoxy) is 3. The summed E-state index contributed by atoms with van der Waals surface area (Å²) in [6.07, 6.45) is -0.395. The van der Waals surface area contributed by atoms with Gasteiger partial charge in [0, 0.05) is 37.3 Å². The monoisotopic (exact) mass is 733 g/mol. The van der Waals surface area contributed by atoms with Crippen LogP contribution in [0.25, 0.3) is 11.3 Å². The molecule has 1 heterocycles. The largest absolute Gasteiger partial charge is 0.469 e. The van der Waals surface area contributed by atoms with Crippen molar-refractivity contribution >= 4 is 30.0 Å². The molecule has 4 atom stereocenters. The van der Waals surface area contributed by atoms with E-state index in [1.165, 1.54) is 14.2 Å². The van der Waals surface area contributed by atoms with E-state index in [1.807, 2.05) is 93.6 Å². The standard InChI is InChI=1S/C39H51N5O9/c1-39(2,3)34(44-38(50)53-20-18-26-11-7-6-8-12-26)36(48)43-30(21-27-14-16-28(17-15-27)32-13-9-10-19-40-32)23-31(45)25-41-35(47)29(22-33(46)51-4)24-42-37(49)52-5/h6-17,19,29-31,34,45H,18,20-25H2,1-5H3,(H,41,47)(H,42,49)(H,43,48)(H,44,50)/t29-,30-,31-,34+/m0/s1. The van der Waals surface area contributed by atoms with Crippen LogP contribution in [0.3, 0.4) is 0 Å². The predicted octanol–water partition coefficient (Wildman–Crippen LogP) is 3.56. The molecule has 0 unspecified atom stereocenters. The third-order valence-corrected chi connectivity index (χ3v) is 8.36. The van der Waals surface area contributed by atoms with Gasteiger partial charge in [-0.25, -0.2) is 9.59 Å². The summed E-state index contributed by atoms with van der Waals surface area (Å²) in [6, 6.07) is 21.2. The Kier molecular flexibility index (Phi) is 16.7. The first-order valence-corrected chi connectivity index (χ1v) is 17.4. The topological polar surface area (TPSA) is 194 Å². The Morgan fingerprint density at radius 2 is 1.47 bits per heavy atom. The Morgan fingerprint density at radius 1 is 0.774 bits per heavy atom. The average molecular weight is 734 g/mol. The first-order valence-electron chi connectivity index (χ1n) is 17.4. The Labute approximate surface area is 310 Å². The average Bonchev–Trinajstić information content (AvgIpc) is 3.14. The highest BCUT2D eigenvalue weighted by Crippen LogP contribution is 2.22. The zero-order valence-electron chi connectivity index (χ0n) is 30.9. The number of aromatic nitrogens is 1. The van der Waals surface area contributed by atoms with Crippen LogP contribution < -0.4 is 21.3 Å². The SMILES string of the molecule is COC(=O)C[C@@H](CNC(=O)OC)C(=O)NC[C@@H](O)C[C@H](Cc1ccc(-c2ccccn2)cc1)NC(=O)[C@@H](NC(=O)OCCc1ccccc1)C(C)(C)C. The molecule has 0 aliphatic rings. The summed E-state index contributed by atoms with van der Waals surface area (Å²) in [5.74, 6) is -2.72. The second-order valence-electron chi connectivity index (χ2n) is 13.6. The number of aliphatic hydroxyl groups is 1. The smallest absolute Gasteiger partial charge is 0.407 e. The lowest BCUT2D eigenvalue weighted by molar-refractivity contribution is -0.144. The van der Waals surface area contributed by atoms with E-state index in [-0.39, 0.29) is 32.5 Å². The molecule has 3 rings (SSSR count). The van der Waals surface area contributed by atoms with Gasteiger partial charge in [-0.2, -0.15) is 0 Å². The molecule has 53 heavy (non-hydrogen) atoms. The van der Waals surface area contributed by atoms with Crippen molar-refractivity contribution in [1.82, 2.24) is 26.3 Å². The predicted molar refractivity (Wildman–Crippen MR) is 197 cm³/mol. The summed E-state index contributed by atoms with van der Waals surface area (Å²) < 4.78 is 14.6. The Balaban J connectivity index is 1.72. The summed E-state index contributed by atoms with van der Waals surface area (Å²) in [6.45, 7) is 5.16. The normalized spacial score (nSPS) is 13.3. The highest BCUT2D eigenvalue weighted by atomic mass is 16.5. The molecule has 3 aromatic rings. The van der Waals surface area contributed by atoms with Crippen molar-refractivity contribution in [3.8, 4) is 11.3 Å². The molecule has 2 aromatic carbocycles. The van der Waals surface area contributed by atoms with E-state index in [0.717, 1.165) is 22.4 Å². The number of methoxy groups -OCH3 is 2. The van der Waals surface area contributed by atoms with Gasteiger partial charge in [0.1, 0.15) is 6.04 Å². The van der Waals surface area contributed by atoms with E-state index >= 15 is 0 Å². The number of nitrogens with one attached hydrogen (secondary N) is 4. The number of carbonyl (C=O) groups excluding carboxylic acids is 5. The van der Waals surface area contributed by atoms with Crippen molar-refractivity contribution in [3.63, 3.8) is 0 Å². The van der Waals surface area contributed by atoms with E-state index in [2.05, 4.69) is 35.7 Å². The van der Waals surface area contributed by atoms with E-state index in [9.17, 15) is 29.1 Å². The number of carbonyl (C=O) groups is 5. The van der Waals surface area contributed by atoms with Crippen LogP contribution in [0.5, 0.6) is 0 Å². The highest BCUT2D eigenvalue weighted by molar-refractivity contribution is 5.87. The first kappa shape index (κ1) is 41.9. The Morgan fingerprint density at radius 3 is 2.09 bits per heavy atom. The van der Waals surface area contributed by atoms with Crippen molar-refractivity contribution in [2.45, 2.75) is 64.6 Å². The molecule has 4 amide bonds. The molecule has 14 nitrogen and oxygen atoms in total. The molecule has 1 aromatic heterocycles. The number of nitrogens with zero attached hydrogens (tertiary/aromatic N) is 1. The zero-order valence-corrected chi connectivity index (χ0v) is 30.9. The molecular weight excluding hydrogens is 682 g/mol. The molecule has 0 bridgehead atoms. The summed E-state index contributed by atoms with van der Waals surface area (Å²) in [7, 11) is 2.35. The number of alkyl carbamates (subject to hydrolysis) is 2. The van der Waals surface area contributed by atoms with E-state index < -0.39 is 59.5 Å². The van der Waals surface area contributed by atoms with Gasteiger partial charge in [-0.15, -0.1) is 0 Å². The lowest BCUT2D eigenvalue weighted by Gasteiger charge is -2.32. The summed E-state index contributed by atoms with van der Waals surface area (Å²) >= 11 is 0. The molecule has 14 heteroatoms. The molecule has 0 saturated heterocycles. The second-order valence-corrected chi connectivity index (χ2v) is 13.6. The van der Waals surface area contributed by atoms with Crippen molar-refractivity contribution in [1.29, 1.82) is 0 Å². The molecule has 0 aliphatic carbocycles. The minimum atomic E-state index is -1.13. The van der Waals surface area contributed by atoms with Gasteiger partial charge < -0.3 is 40.6 Å². The van der Waals surface area contributed by atoms with Gasteiger partial charge >= 0.3 is 18.2 Å². The zero-order chi connectivity index (χ0) is 38.8. The Bertz CT molecular complexity index is 1620. The maximum atomic E-state index is 13.9. The minimum absolute atomic E-state index is 0.0223. The number of pyridine rings is 1. The van der Waals surface area contributed by atoms with E-state index in [1.54, 1.807) is 6.20 Å². The van der Waals surface area contributed by atoms with E-state index in [4.69, 9.17) is 4.74 Å². The van der Waals surface area contributed by atoms with Gasteiger partial charge in [0.05, 0.1) is 45.0 Å². The van der Waals surface area contributed by atoms with Gasteiger partial charge in [-0.05, 0) is 41.5 Å². The van der Waals surface area contributed by atoms with Gasteiger partial charge in [0.15, 0.2) is 0 Å². The number of aliphatic hydroxyl groups excluding tert-OH is 1. The van der Waals surface area contributed by atoms with Crippen LogP contribution >= 0.6 is 0 Å². The third kappa shape index (κ3) is 14.9. The molecular formula is C39H51N5O9. The van der Waals surface area contributed by atoms with Crippen LogP contribution in [0.2, 0.25) is 0 Å². The number of esters is 1. The fourth-order valence-corrected chi connectivity index (χ4v) is 5.44. The summed E-state index contributed by atoms with van der Waals surface area (Å²) in [5.41, 5.74) is 2.86. The van der Waals surface area contributed by atoms with Gasteiger partial charge in [-0.3, -0.25) is 19.4 Å². The van der Waals surface area contributed by atoms with Crippen LogP contribution in [0.15, 0.2) is 79.0 Å². The minimum Gasteiger partial charge on any atom is -0.469 e. The second kappa shape index (κ2) is 21.1. The molecule has 0 aliphatic heterocycles. The quantitative estimate of drug-likeness (QED) is 0.0954. The molecule has 0 spiro atoms. The van der Waals surface area contributed by atoms with Crippen LogP contribution in [0.1, 0.15) is 44.7 Å². The van der Waals surface area contributed by atoms with Gasteiger partial charge in [-0.1, -0.05) is 81.4 Å². The fraction of sp³-hybridized carbons (Fsp3) is 0.436. The molecule has 5 N–H and O–H groups in total. The van der Waals surface area contributed by atoms with Crippen molar-refractivity contribution in [2.75, 3.05) is 33.9 Å². The number of hydrogen-bond donors (Lipinski definition) is 5. The maximum absolute atomic E-state index is 13.9. The summed E-state index contributed by atoms with van der Waals surface area (Å²) in [4.78, 5) is 67.6. The molecule has 0 radical (unpaired) electrons. The fourth-order valence-electron chi connectivity index (χ4n) is 5.44. The van der Waals surface area contributed by atoms with Crippen LogP contribution in [0, 0.1) is 11.3 Å². The van der Waals surface area contributed by atoms with Crippen LogP contribution in [-0.4, -0.2) is 92.2 Å². The lowest BCUT2D eigenvalue weighted by Crippen LogP contribution is -2.56. The van der Waals surface area contributed by atoms with E-state index in [0.29, 0.717) is 12.8 Å². The van der Waals surface area contributed by atoms with Gasteiger partial charge in [0.25, 0.3) is 0 Å². The summed E-state index contributed by atoms with van der Waals surface area (Å²) in [5, 5.41) is 21.8. The Hall–Kier alpha value is -5.50. The first-order chi connectivity index (χ1) is 25.3. The van der Waals surface area contributed by atoms with Crippen molar-refractivity contribution in [2.24, 2.45) is 11.3 Å². The maximum Gasteiger partial charge on any atom is 0.407 e. The highest BCUT2D eigenvalue weighted by Gasteiger charge is 2.35. The number of hydrogen-bond acceptors (Lipinski definition) is 10. The number of rotatable bonds is 18.